The van der Waals surface area contributed by atoms with Gasteiger partial charge in [0.25, 0.3) is 0 Å². The van der Waals surface area contributed by atoms with E-state index in [1.54, 1.807) is 0 Å². The van der Waals surface area contributed by atoms with Crippen LogP contribution in [0.3, 0.4) is 0 Å². The minimum Gasteiger partial charge on any atom is -0.447 e. The van der Waals surface area contributed by atoms with E-state index in [1.165, 1.54) is 0 Å². The topological polar surface area (TPSA) is 105 Å². The maximum Gasteiger partial charge on any atom is 0.395 e. The van der Waals surface area contributed by atoms with Gasteiger partial charge in [0.2, 0.25) is 0 Å². The summed E-state index contributed by atoms with van der Waals surface area (Å²) in [6.45, 7) is 0. The van der Waals surface area contributed by atoms with E-state index in [2.05, 4.69) is 18.9 Å². The van der Waals surface area contributed by atoms with Crippen LogP contribution in [0.4, 0.5) is 26.3 Å². The molecule has 0 aromatic heterocycles. The van der Waals surface area contributed by atoms with Gasteiger partial charge in [-0.3, -0.25) is 0 Å². The number of hydrogen-bond acceptors (Lipinski definition) is 8. The zero-order valence-electron chi connectivity index (χ0n) is 16.0. The predicted molar refractivity (Wildman–Crippen MR) is 91.2 cm³/mol. The van der Waals surface area contributed by atoms with Crippen molar-refractivity contribution >= 4 is 23.9 Å². The van der Waals surface area contributed by atoms with Gasteiger partial charge in [-0.1, -0.05) is 0 Å². The quantitative estimate of drug-likeness (QED) is 0.367. The van der Waals surface area contributed by atoms with Gasteiger partial charge in [0.05, 0.1) is 22.3 Å². The molecule has 2 aliphatic heterocycles. The van der Waals surface area contributed by atoms with Crippen LogP contribution in [0.2, 0.25) is 0 Å². The number of alkyl halides is 6. The molecule has 0 saturated heterocycles. The van der Waals surface area contributed by atoms with E-state index in [-0.39, 0.29) is 11.1 Å². The molecular weight excluding hydrogens is 482 g/mol. The summed E-state index contributed by atoms with van der Waals surface area (Å²) in [5, 5.41) is 0. The van der Waals surface area contributed by atoms with Crippen LogP contribution in [0.15, 0.2) is 36.4 Å². The molecule has 2 atom stereocenters. The first-order chi connectivity index (χ1) is 15.7. The van der Waals surface area contributed by atoms with Crippen molar-refractivity contribution in [3.63, 3.8) is 0 Å². The normalized spacial score (nSPS) is 27.9. The molecule has 5 rings (SSSR count). The zero-order chi connectivity index (χ0) is 24.8. The lowest BCUT2D eigenvalue weighted by molar-refractivity contribution is -0.527. The summed E-state index contributed by atoms with van der Waals surface area (Å²) in [4.78, 5) is 46.1. The molecule has 0 N–H and O–H groups in total. The number of carbonyl (C=O) groups excluding carboxylic acids is 4. The SMILES string of the molecule is O=C1OC(=O)c2cc(OC3(F)C(F)(F)C(F)(F)C3(F)Oc3ccc4c(c3)C(=O)OC4=O)ccc21. The van der Waals surface area contributed by atoms with Gasteiger partial charge >= 0.3 is 47.4 Å². The predicted octanol–water partition coefficient (Wildman–Crippen LogP) is 3.38. The summed E-state index contributed by atoms with van der Waals surface area (Å²) in [6, 6.07) is 3.91. The standard InChI is InChI=1S/C20H6F6O8/c21-17(22)18(23,24)20(26,34-8-2-4-10-12(6-8)16(30)32-14(10)28)19(17,25)33-7-1-3-9-11(5-7)15(29)31-13(9)27/h1-6H. The van der Waals surface area contributed by atoms with Crippen molar-refractivity contribution in [1.82, 2.24) is 0 Å². The molecule has 3 aliphatic rings. The third kappa shape index (κ3) is 2.39. The lowest BCUT2D eigenvalue weighted by atomic mass is 9.76. The molecule has 1 fully saturated rings. The molecule has 14 heteroatoms. The Balaban J connectivity index is 1.52. The second-order valence-corrected chi connectivity index (χ2v) is 7.31. The number of carbonyl (C=O) groups is 4. The van der Waals surface area contributed by atoms with Gasteiger partial charge in [-0.25, -0.2) is 19.2 Å². The Kier molecular flexibility index (Phi) is 4.01. The van der Waals surface area contributed by atoms with Crippen molar-refractivity contribution in [3.05, 3.63) is 58.7 Å². The van der Waals surface area contributed by atoms with Crippen LogP contribution in [0, 0.1) is 0 Å². The molecule has 2 aromatic carbocycles. The molecule has 0 bridgehead atoms. The number of benzene rings is 2. The first-order valence-electron chi connectivity index (χ1n) is 9.06. The second-order valence-electron chi connectivity index (χ2n) is 7.31. The number of halogens is 6. The molecule has 8 nitrogen and oxygen atoms in total. The Morgan fingerprint density at radius 3 is 1.21 bits per heavy atom. The monoisotopic (exact) mass is 488 g/mol. The average molecular weight is 488 g/mol. The first-order valence-corrected chi connectivity index (χ1v) is 9.06. The molecule has 0 amide bonds. The molecule has 2 heterocycles. The number of cyclic esters (lactones) is 4. The Labute approximate surface area is 182 Å². The molecule has 0 spiro atoms. The minimum atomic E-state index is -5.78. The van der Waals surface area contributed by atoms with Gasteiger partial charge in [-0.05, 0) is 36.4 Å². The van der Waals surface area contributed by atoms with E-state index in [9.17, 15) is 36.7 Å². The molecule has 1 aliphatic carbocycles. The molecule has 1 saturated carbocycles. The summed E-state index contributed by atoms with van der Waals surface area (Å²) in [7, 11) is 0. The highest BCUT2D eigenvalue weighted by Gasteiger charge is 3.03. The highest BCUT2D eigenvalue weighted by atomic mass is 19.3. The number of hydrogen-bond donors (Lipinski definition) is 0. The smallest absolute Gasteiger partial charge is 0.395 e. The van der Waals surface area contributed by atoms with Crippen LogP contribution < -0.4 is 9.47 Å². The van der Waals surface area contributed by atoms with Crippen LogP contribution >= 0.6 is 0 Å². The third-order valence-electron chi connectivity index (χ3n) is 5.37. The fourth-order valence-corrected chi connectivity index (χ4v) is 3.59. The highest BCUT2D eigenvalue weighted by molar-refractivity contribution is 6.15. The Bertz CT molecular complexity index is 1240. The molecule has 2 aromatic rings. The van der Waals surface area contributed by atoms with Gasteiger partial charge in [-0.15, -0.1) is 0 Å². The fourth-order valence-electron chi connectivity index (χ4n) is 3.59. The Hall–Kier alpha value is -4.10. The maximum absolute atomic E-state index is 15.3. The van der Waals surface area contributed by atoms with E-state index in [0.717, 1.165) is 12.1 Å². The highest BCUT2D eigenvalue weighted by Crippen LogP contribution is 2.68. The van der Waals surface area contributed by atoms with E-state index in [0.29, 0.717) is 24.3 Å². The average Bonchev–Trinajstić information content (AvgIpc) is 3.21. The van der Waals surface area contributed by atoms with Gasteiger partial charge in [0, 0.05) is 0 Å². The van der Waals surface area contributed by atoms with Crippen LogP contribution in [-0.4, -0.2) is 47.4 Å². The van der Waals surface area contributed by atoms with Gasteiger partial charge in [0.1, 0.15) is 11.5 Å². The van der Waals surface area contributed by atoms with Crippen LogP contribution in [0.1, 0.15) is 41.4 Å². The van der Waals surface area contributed by atoms with Crippen molar-refractivity contribution in [2.24, 2.45) is 0 Å². The molecule has 0 radical (unpaired) electrons. The number of rotatable bonds is 4. The Morgan fingerprint density at radius 1 is 0.529 bits per heavy atom. The van der Waals surface area contributed by atoms with Crippen LogP contribution in [0.5, 0.6) is 11.5 Å². The molecule has 2 unspecified atom stereocenters. The van der Waals surface area contributed by atoms with E-state index < -0.39 is 70.1 Å². The minimum absolute atomic E-state index is 0.349. The van der Waals surface area contributed by atoms with E-state index >= 15 is 8.78 Å². The second kappa shape index (κ2) is 6.27. The van der Waals surface area contributed by atoms with E-state index in [1.807, 2.05) is 0 Å². The maximum atomic E-state index is 15.3. The van der Waals surface area contributed by atoms with Crippen molar-refractivity contribution in [1.29, 1.82) is 0 Å². The molecule has 176 valence electrons. The molecule has 34 heavy (non-hydrogen) atoms. The fraction of sp³-hybridized carbons (Fsp3) is 0.200. The Morgan fingerprint density at radius 2 is 0.853 bits per heavy atom. The zero-order valence-corrected chi connectivity index (χ0v) is 16.0. The summed E-state index contributed by atoms with van der Waals surface area (Å²) < 4.78 is 104. The molecular formula is C20H6F6O8. The number of fused-ring (bicyclic) bond motifs is 2. The summed E-state index contributed by atoms with van der Waals surface area (Å²) >= 11 is 0. The van der Waals surface area contributed by atoms with Gasteiger partial charge < -0.3 is 18.9 Å². The van der Waals surface area contributed by atoms with Gasteiger partial charge in [0.15, 0.2) is 0 Å². The van der Waals surface area contributed by atoms with Crippen LogP contribution in [-0.2, 0) is 9.47 Å². The summed E-state index contributed by atoms with van der Waals surface area (Å²) in [6.07, 6.45) is 0. The number of ether oxygens (including phenoxy) is 4. The first kappa shape index (κ1) is 21.7. The van der Waals surface area contributed by atoms with Crippen molar-refractivity contribution in [2.45, 2.75) is 23.6 Å². The lowest BCUT2D eigenvalue weighted by Gasteiger charge is -2.55. The lowest BCUT2D eigenvalue weighted by Crippen LogP contribution is -2.89. The third-order valence-corrected chi connectivity index (χ3v) is 5.37. The van der Waals surface area contributed by atoms with Crippen molar-refractivity contribution in [3.8, 4) is 11.5 Å². The van der Waals surface area contributed by atoms with Crippen molar-refractivity contribution in [2.75, 3.05) is 0 Å². The van der Waals surface area contributed by atoms with Crippen LogP contribution in [0.25, 0.3) is 0 Å². The largest absolute Gasteiger partial charge is 0.447 e. The van der Waals surface area contributed by atoms with Crippen molar-refractivity contribution < 1.29 is 64.5 Å². The van der Waals surface area contributed by atoms with Gasteiger partial charge in [-0.2, -0.15) is 26.3 Å². The van der Waals surface area contributed by atoms with E-state index in [4.69, 9.17) is 0 Å². The summed E-state index contributed by atoms with van der Waals surface area (Å²) in [5.74, 6) is -28.7. The number of esters is 4. The summed E-state index contributed by atoms with van der Waals surface area (Å²) in [5.41, 5.74) is -1.82.